The number of ether oxygens (including phenoxy) is 1. The SMILES string of the molecule is CCN(CCCN)CC1CCC2(CCCCC2)O1. The van der Waals surface area contributed by atoms with Gasteiger partial charge in [-0.2, -0.15) is 0 Å². The van der Waals surface area contributed by atoms with Crippen LogP contribution >= 0.6 is 0 Å². The lowest BCUT2D eigenvalue weighted by Crippen LogP contribution is -2.37. The fraction of sp³-hybridized carbons (Fsp3) is 1.00. The van der Waals surface area contributed by atoms with Gasteiger partial charge in [-0.05, 0) is 51.7 Å². The van der Waals surface area contributed by atoms with Crippen molar-refractivity contribution in [3.63, 3.8) is 0 Å². The molecule has 0 radical (unpaired) electrons. The molecule has 106 valence electrons. The Morgan fingerprint density at radius 1 is 1.22 bits per heavy atom. The standard InChI is InChI=1S/C15H30N2O/c1-2-17(12-6-11-16)13-14-7-10-15(18-14)8-4-3-5-9-15/h14H,2-13,16H2,1H3. The lowest BCUT2D eigenvalue weighted by atomic mass is 9.83. The highest BCUT2D eigenvalue weighted by Gasteiger charge is 2.40. The molecular weight excluding hydrogens is 224 g/mol. The van der Waals surface area contributed by atoms with Gasteiger partial charge in [0.15, 0.2) is 0 Å². The molecule has 0 aromatic carbocycles. The van der Waals surface area contributed by atoms with Crippen molar-refractivity contribution < 1.29 is 4.74 Å². The van der Waals surface area contributed by atoms with Crippen LogP contribution in [0.4, 0.5) is 0 Å². The van der Waals surface area contributed by atoms with Crippen LogP contribution in [0.3, 0.4) is 0 Å². The van der Waals surface area contributed by atoms with Gasteiger partial charge in [-0.25, -0.2) is 0 Å². The minimum Gasteiger partial charge on any atom is -0.370 e. The molecule has 3 heteroatoms. The predicted octanol–water partition coefficient (Wildman–Crippen LogP) is 2.54. The van der Waals surface area contributed by atoms with E-state index in [1.165, 1.54) is 44.9 Å². The van der Waals surface area contributed by atoms with E-state index >= 15 is 0 Å². The smallest absolute Gasteiger partial charge is 0.0710 e. The first kappa shape index (κ1) is 14.3. The van der Waals surface area contributed by atoms with Crippen LogP contribution in [0.2, 0.25) is 0 Å². The highest BCUT2D eigenvalue weighted by molar-refractivity contribution is 4.92. The Labute approximate surface area is 112 Å². The molecule has 1 atom stereocenters. The maximum atomic E-state index is 6.43. The van der Waals surface area contributed by atoms with Crippen molar-refractivity contribution >= 4 is 0 Å². The molecule has 3 nitrogen and oxygen atoms in total. The summed E-state index contributed by atoms with van der Waals surface area (Å²) in [6, 6.07) is 0. The number of hydrogen-bond donors (Lipinski definition) is 1. The lowest BCUT2D eigenvalue weighted by Gasteiger charge is -2.34. The predicted molar refractivity (Wildman–Crippen MR) is 75.7 cm³/mol. The number of hydrogen-bond acceptors (Lipinski definition) is 3. The molecule has 18 heavy (non-hydrogen) atoms. The summed E-state index contributed by atoms with van der Waals surface area (Å²) in [5.41, 5.74) is 5.87. The number of nitrogens with two attached hydrogens (primary N) is 1. The van der Waals surface area contributed by atoms with Gasteiger partial charge in [0, 0.05) is 6.54 Å². The van der Waals surface area contributed by atoms with Gasteiger partial charge in [-0.1, -0.05) is 26.2 Å². The molecule has 2 fully saturated rings. The summed E-state index contributed by atoms with van der Waals surface area (Å²) < 4.78 is 6.43. The topological polar surface area (TPSA) is 38.5 Å². The molecule has 0 amide bonds. The van der Waals surface area contributed by atoms with E-state index in [2.05, 4.69) is 11.8 Å². The molecule has 1 aliphatic heterocycles. The van der Waals surface area contributed by atoms with Crippen LogP contribution < -0.4 is 5.73 Å². The molecule has 2 N–H and O–H groups in total. The molecule has 0 aromatic heterocycles. The van der Waals surface area contributed by atoms with Gasteiger partial charge < -0.3 is 15.4 Å². The highest BCUT2D eigenvalue weighted by atomic mass is 16.5. The second kappa shape index (κ2) is 6.88. The van der Waals surface area contributed by atoms with E-state index in [1.807, 2.05) is 0 Å². The molecule has 1 saturated carbocycles. The molecule has 0 aromatic rings. The van der Waals surface area contributed by atoms with E-state index in [4.69, 9.17) is 10.5 Å². The van der Waals surface area contributed by atoms with Crippen molar-refractivity contribution in [3.8, 4) is 0 Å². The Kier molecular flexibility index (Phi) is 5.46. The van der Waals surface area contributed by atoms with Crippen LogP contribution in [-0.4, -0.2) is 42.8 Å². The second-order valence-corrected chi connectivity index (χ2v) is 6.06. The van der Waals surface area contributed by atoms with Crippen molar-refractivity contribution in [1.29, 1.82) is 0 Å². The summed E-state index contributed by atoms with van der Waals surface area (Å²) in [6.07, 6.45) is 10.9. The van der Waals surface area contributed by atoms with Crippen molar-refractivity contribution in [2.45, 2.75) is 70.0 Å². The number of likely N-dealkylation sites (N-methyl/N-ethyl adjacent to an activating group) is 1. The van der Waals surface area contributed by atoms with Gasteiger partial charge in [0.2, 0.25) is 0 Å². The zero-order valence-corrected chi connectivity index (χ0v) is 12.0. The van der Waals surface area contributed by atoms with Crippen LogP contribution in [0, 0.1) is 0 Å². The van der Waals surface area contributed by atoms with Crippen LogP contribution in [0.5, 0.6) is 0 Å². The van der Waals surface area contributed by atoms with Crippen molar-refractivity contribution in [3.05, 3.63) is 0 Å². The Balaban J connectivity index is 1.77. The molecule has 1 aliphatic carbocycles. The van der Waals surface area contributed by atoms with Gasteiger partial charge in [0.25, 0.3) is 0 Å². The van der Waals surface area contributed by atoms with Gasteiger partial charge in [0.1, 0.15) is 0 Å². The molecule has 0 bridgehead atoms. The Bertz CT molecular complexity index is 239. The van der Waals surface area contributed by atoms with E-state index < -0.39 is 0 Å². The third-order valence-corrected chi connectivity index (χ3v) is 4.69. The van der Waals surface area contributed by atoms with Crippen molar-refractivity contribution in [2.24, 2.45) is 5.73 Å². The molecule has 1 spiro atoms. The first-order chi connectivity index (χ1) is 8.78. The minimum absolute atomic E-state index is 0.274. The third-order valence-electron chi connectivity index (χ3n) is 4.69. The average Bonchev–Trinajstić information content (AvgIpc) is 2.78. The average molecular weight is 254 g/mol. The minimum atomic E-state index is 0.274. The van der Waals surface area contributed by atoms with E-state index in [9.17, 15) is 0 Å². The first-order valence-electron chi connectivity index (χ1n) is 7.88. The molecule has 2 aliphatic rings. The quantitative estimate of drug-likeness (QED) is 0.791. The van der Waals surface area contributed by atoms with E-state index in [-0.39, 0.29) is 5.60 Å². The van der Waals surface area contributed by atoms with E-state index in [0.29, 0.717) is 6.10 Å². The number of rotatable bonds is 6. The van der Waals surface area contributed by atoms with Crippen molar-refractivity contribution in [2.75, 3.05) is 26.2 Å². The third kappa shape index (κ3) is 3.69. The van der Waals surface area contributed by atoms with Gasteiger partial charge in [0.05, 0.1) is 11.7 Å². The summed E-state index contributed by atoms with van der Waals surface area (Å²) in [6.45, 7) is 6.39. The zero-order chi connectivity index (χ0) is 12.8. The van der Waals surface area contributed by atoms with E-state index in [0.717, 1.165) is 32.6 Å². The molecular formula is C15H30N2O. The number of nitrogens with zero attached hydrogens (tertiary/aromatic N) is 1. The van der Waals surface area contributed by atoms with Crippen LogP contribution in [0.15, 0.2) is 0 Å². The zero-order valence-electron chi connectivity index (χ0n) is 12.0. The Hall–Kier alpha value is -0.120. The highest BCUT2D eigenvalue weighted by Crippen LogP contribution is 2.41. The summed E-state index contributed by atoms with van der Waals surface area (Å²) in [7, 11) is 0. The Morgan fingerprint density at radius 3 is 2.67 bits per heavy atom. The van der Waals surface area contributed by atoms with Gasteiger partial charge in [-0.15, -0.1) is 0 Å². The maximum absolute atomic E-state index is 6.43. The summed E-state index contributed by atoms with van der Waals surface area (Å²) in [4.78, 5) is 2.50. The normalized spacial score (nSPS) is 27.2. The van der Waals surface area contributed by atoms with Crippen LogP contribution in [-0.2, 0) is 4.74 Å². The summed E-state index contributed by atoms with van der Waals surface area (Å²) >= 11 is 0. The summed E-state index contributed by atoms with van der Waals surface area (Å²) in [5.74, 6) is 0. The Morgan fingerprint density at radius 2 is 2.00 bits per heavy atom. The van der Waals surface area contributed by atoms with Crippen molar-refractivity contribution in [1.82, 2.24) is 4.90 Å². The van der Waals surface area contributed by atoms with Gasteiger partial charge in [-0.3, -0.25) is 0 Å². The van der Waals surface area contributed by atoms with Crippen LogP contribution in [0.1, 0.15) is 58.3 Å². The van der Waals surface area contributed by atoms with Crippen LogP contribution in [0.25, 0.3) is 0 Å². The molecule has 2 rings (SSSR count). The fourth-order valence-electron chi connectivity index (χ4n) is 3.57. The maximum Gasteiger partial charge on any atom is 0.0710 e. The fourth-order valence-corrected chi connectivity index (χ4v) is 3.57. The first-order valence-corrected chi connectivity index (χ1v) is 7.88. The largest absolute Gasteiger partial charge is 0.370 e. The monoisotopic (exact) mass is 254 g/mol. The molecule has 1 heterocycles. The molecule has 1 unspecified atom stereocenters. The lowest BCUT2D eigenvalue weighted by molar-refractivity contribution is -0.0715. The summed E-state index contributed by atoms with van der Waals surface area (Å²) in [5, 5.41) is 0. The molecule has 1 saturated heterocycles. The second-order valence-electron chi connectivity index (χ2n) is 6.06. The van der Waals surface area contributed by atoms with E-state index in [1.54, 1.807) is 0 Å². The van der Waals surface area contributed by atoms with Gasteiger partial charge >= 0.3 is 0 Å².